The zero-order valence-corrected chi connectivity index (χ0v) is 9.96. The predicted molar refractivity (Wildman–Crippen MR) is 58.3 cm³/mol. The molecule has 4 nitrogen and oxygen atoms in total. The summed E-state index contributed by atoms with van der Waals surface area (Å²) in [7, 11) is 1.75. The fourth-order valence-electron chi connectivity index (χ4n) is 1.72. The van der Waals surface area contributed by atoms with E-state index in [2.05, 4.69) is 26.1 Å². The van der Waals surface area contributed by atoms with Crippen LogP contribution in [0.5, 0.6) is 0 Å². The van der Waals surface area contributed by atoms with E-state index in [9.17, 15) is 9.59 Å². The van der Waals surface area contributed by atoms with E-state index in [1.807, 2.05) is 0 Å². The van der Waals surface area contributed by atoms with Gasteiger partial charge in [0.05, 0.1) is 0 Å². The van der Waals surface area contributed by atoms with E-state index >= 15 is 0 Å². The van der Waals surface area contributed by atoms with Gasteiger partial charge in [-0.3, -0.25) is 9.59 Å². The lowest BCUT2D eigenvalue weighted by Crippen LogP contribution is -2.45. The van der Waals surface area contributed by atoms with Gasteiger partial charge in [0.25, 0.3) is 0 Å². The molecule has 0 spiro atoms. The molecule has 0 aromatic rings. The summed E-state index contributed by atoms with van der Waals surface area (Å²) >= 11 is 0. The summed E-state index contributed by atoms with van der Waals surface area (Å²) in [6, 6.07) is -0.356. The standard InChI is InChI=1S/C11H20N2O2/c1-11(2,3)7-8-10(15)13(4)6-5-9(14)12-8/h8H,5-7H2,1-4H3,(H,12,14). The first-order valence-corrected chi connectivity index (χ1v) is 5.34. The molecule has 1 unspecified atom stereocenters. The molecule has 1 aliphatic heterocycles. The molecule has 1 atom stereocenters. The van der Waals surface area contributed by atoms with Crippen LogP contribution < -0.4 is 5.32 Å². The molecular weight excluding hydrogens is 192 g/mol. The van der Waals surface area contributed by atoms with E-state index in [4.69, 9.17) is 0 Å². The van der Waals surface area contributed by atoms with Crippen LogP contribution in [0, 0.1) is 5.41 Å². The zero-order valence-electron chi connectivity index (χ0n) is 9.96. The number of nitrogens with zero attached hydrogens (tertiary/aromatic N) is 1. The van der Waals surface area contributed by atoms with E-state index in [0.717, 1.165) is 0 Å². The topological polar surface area (TPSA) is 49.4 Å². The molecule has 86 valence electrons. The second kappa shape index (κ2) is 4.21. The third-order valence-corrected chi connectivity index (χ3v) is 2.50. The first-order valence-electron chi connectivity index (χ1n) is 5.34. The molecule has 0 radical (unpaired) electrons. The van der Waals surface area contributed by atoms with E-state index in [1.165, 1.54) is 0 Å². The van der Waals surface area contributed by atoms with Crippen LogP contribution in [0.3, 0.4) is 0 Å². The number of rotatable bonds is 1. The van der Waals surface area contributed by atoms with Gasteiger partial charge in [-0.1, -0.05) is 20.8 Å². The van der Waals surface area contributed by atoms with Gasteiger partial charge in [0, 0.05) is 20.0 Å². The van der Waals surface area contributed by atoms with Crippen molar-refractivity contribution in [2.24, 2.45) is 5.41 Å². The molecule has 2 amide bonds. The van der Waals surface area contributed by atoms with Crippen molar-refractivity contribution < 1.29 is 9.59 Å². The van der Waals surface area contributed by atoms with Gasteiger partial charge in [0.1, 0.15) is 6.04 Å². The third kappa shape index (κ3) is 3.53. The SMILES string of the molecule is CN1CCC(=O)NC(CC(C)(C)C)C1=O. The molecule has 0 aromatic heterocycles. The lowest BCUT2D eigenvalue weighted by atomic mass is 9.87. The molecule has 0 saturated carbocycles. The number of hydrogen-bond acceptors (Lipinski definition) is 2. The number of hydrogen-bond donors (Lipinski definition) is 1. The van der Waals surface area contributed by atoms with Gasteiger partial charge >= 0.3 is 0 Å². The molecule has 1 saturated heterocycles. The smallest absolute Gasteiger partial charge is 0.244 e. The van der Waals surface area contributed by atoms with Crippen molar-refractivity contribution >= 4 is 11.8 Å². The van der Waals surface area contributed by atoms with Crippen LogP contribution in [-0.2, 0) is 9.59 Å². The summed E-state index contributed by atoms with van der Waals surface area (Å²) in [5.74, 6) is -0.00211. The molecule has 4 heteroatoms. The normalized spacial score (nSPS) is 23.7. The van der Waals surface area contributed by atoms with Crippen LogP contribution in [0.1, 0.15) is 33.6 Å². The van der Waals surface area contributed by atoms with E-state index in [0.29, 0.717) is 19.4 Å². The Morgan fingerprint density at radius 1 is 1.40 bits per heavy atom. The third-order valence-electron chi connectivity index (χ3n) is 2.50. The van der Waals surface area contributed by atoms with Crippen molar-refractivity contribution in [2.45, 2.75) is 39.7 Å². The fraction of sp³-hybridized carbons (Fsp3) is 0.818. The first kappa shape index (κ1) is 12.0. The molecule has 1 N–H and O–H groups in total. The minimum Gasteiger partial charge on any atom is -0.344 e. The number of carbonyl (C=O) groups is 2. The molecule has 1 heterocycles. The number of carbonyl (C=O) groups excluding carboxylic acids is 2. The van der Waals surface area contributed by atoms with Crippen LogP contribution in [0.25, 0.3) is 0 Å². The Labute approximate surface area is 91.0 Å². The van der Waals surface area contributed by atoms with Gasteiger partial charge in [0.2, 0.25) is 11.8 Å². The van der Waals surface area contributed by atoms with Crippen molar-refractivity contribution in [3.63, 3.8) is 0 Å². The zero-order chi connectivity index (χ0) is 11.6. The summed E-state index contributed by atoms with van der Waals surface area (Å²) in [6.45, 7) is 6.72. The summed E-state index contributed by atoms with van der Waals surface area (Å²) in [4.78, 5) is 24.9. The van der Waals surface area contributed by atoms with Crippen LogP contribution in [0.2, 0.25) is 0 Å². The maximum atomic E-state index is 11.9. The minimum atomic E-state index is -0.356. The molecule has 0 aliphatic carbocycles. The fourth-order valence-corrected chi connectivity index (χ4v) is 1.72. The van der Waals surface area contributed by atoms with Gasteiger partial charge in [-0.2, -0.15) is 0 Å². The number of likely N-dealkylation sites (N-methyl/N-ethyl adjacent to an activating group) is 1. The predicted octanol–water partition coefficient (Wildman–Crippen LogP) is 0.769. The van der Waals surface area contributed by atoms with Gasteiger partial charge in [0.15, 0.2) is 0 Å². The van der Waals surface area contributed by atoms with E-state index < -0.39 is 0 Å². The Kier molecular flexibility index (Phi) is 3.37. The lowest BCUT2D eigenvalue weighted by molar-refractivity contribution is -0.133. The first-order chi connectivity index (χ1) is 6.79. The van der Waals surface area contributed by atoms with Crippen molar-refractivity contribution in [1.29, 1.82) is 0 Å². The average molecular weight is 212 g/mol. The molecule has 1 aliphatic rings. The largest absolute Gasteiger partial charge is 0.344 e. The molecule has 0 aromatic carbocycles. The van der Waals surface area contributed by atoms with Gasteiger partial charge in [-0.05, 0) is 11.8 Å². The van der Waals surface area contributed by atoms with Crippen molar-refractivity contribution in [3.8, 4) is 0 Å². The highest BCUT2D eigenvalue weighted by molar-refractivity contribution is 5.89. The minimum absolute atomic E-state index is 0.0239. The Hall–Kier alpha value is -1.06. The van der Waals surface area contributed by atoms with Gasteiger partial charge in [-0.25, -0.2) is 0 Å². The molecule has 15 heavy (non-hydrogen) atoms. The van der Waals surface area contributed by atoms with Gasteiger partial charge in [-0.15, -0.1) is 0 Å². The van der Waals surface area contributed by atoms with Crippen molar-refractivity contribution in [3.05, 3.63) is 0 Å². The Bertz CT molecular complexity index is 268. The summed E-state index contributed by atoms with van der Waals surface area (Å²) in [5, 5.41) is 2.79. The Morgan fingerprint density at radius 3 is 2.53 bits per heavy atom. The monoisotopic (exact) mass is 212 g/mol. The highest BCUT2D eigenvalue weighted by atomic mass is 16.2. The highest BCUT2D eigenvalue weighted by Crippen LogP contribution is 2.22. The van der Waals surface area contributed by atoms with Crippen LogP contribution in [0.15, 0.2) is 0 Å². The molecule has 0 bridgehead atoms. The van der Waals surface area contributed by atoms with E-state index in [-0.39, 0.29) is 23.3 Å². The summed E-state index contributed by atoms with van der Waals surface area (Å²) < 4.78 is 0. The van der Waals surface area contributed by atoms with Gasteiger partial charge < -0.3 is 10.2 Å². The maximum Gasteiger partial charge on any atom is 0.244 e. The number of amides is 2. The molecular formula is C11H20N2O2. The van der Waals surface area contributed by atoms with Crippen molar-refractivity contribution in [2.75, 3.05) is 13.6 Å². The molecule has 1 fully saturated rings. The van der Waals surface area contributed by atoms with E-state index in [1.54, 1.807) is 11.9 Å². The van der Waals surface area contributed by atoms with Crippen LogP contribution >= 0.6 is 0 Å². The molecule has 1 rings (SSSR count). The summed E-state index contributed by atoms with van der Waals surface area (Å²) in [6.07, 6.45) is 1.09. The number of nitrogens with one attached hydrogen (secondary N) is 1. The Balaban J connectivity index is 2.74. The maximum absolute atomic E-state index is 11.9. The van der Waals surface area contributed by atoms with Crippen LogP contribution in [0.4, 0.5) is 0 Å². The average Bonchev–Trinajstić information content (AvgIpc) is 2.18. The second-order valence-corrected chi connectivity index (χ2v) is 5.39. The lowest BCUT2D eigenvalue weighted by Gasteiger charge is -2.26. The second-order valence-electron chi connectivity index (χ2n) is 5.39. The highest BCUT2D eigenvalue weighted by Gasteiger charge is 2.30. The van der Waals surface area contributed by atoms with Crippen LogP contribution in [-0.4, -0.2) is 36.3 Å². The van der Waals surface area contributed by atoms with Crippen molar-refractivity contribution in [1.82, 2.24) is 10.2 Å². The summed E-state index contributed by atoms with van der Waals surface area (Å²) in [5.41, 5.74) is 0.0405. The Morgan fingerprint density at radius 2 is 2.00 bits per heavy atom. The quantitative estimate of drug-likeness (QED) is 0.698.